The molecule has 0 amide bonds. The normalized spacial score (nSPS) is 11.0. The third-order valence-corrected chi connectivity index (χ3v) is 7.04. The molecule has 154 valence electrons. The number of aryl methyl sites for hydroxylation is 2. The van der Waals surface area contributed by atoms with Gasteiger partial charge in [0.05, 0.1) is 34.9 Å². The van der Waals surface area contributed by atoms with Gasteiger partial charge in [-0.2, -0.15) is 5.26 Å². The smallest absolute Gasteiger partial charge is 0.337 e. The number of ether oxygens (including phenoxy) is 1. The van der Waals surface area contributed by atoms with Gasteiger partial charge in [0.2, 0.25) is 0 Å². The highest BCUT2D eigenvalue weighted by Crippen LogP contribution is 2.35. The largest absolute Gasteiger partial charge is 0.465 e. The first-order valence-electron chi connectivity index (χ1n) is 9.14. The fourth-order valence-corrected chi connectivity index (χ4v) is 5.35. The number of benzene rings is 2. The lowest BCUT2D eigenvalue weighted by atomic mass is 10.1. The van der Waals surface area contributed by atoms with Crippen molar-refractivity contribution in [2.24, 2.45) is 0 Å². The second kappa shape index (κ2) is 8.69. The molecule has 1 heterocycles. The lowest BCUT2D eigenvalue weighted by Gasteiger charge is -2.15. The molecule has 1 aromatic heterocycles. The Morgan fingerprint density at radius 1 is 1.17 bits per heavy atom. The van der Waals surface area contributed by atoms with Crippen LogP contribution in [0.3, 0.4) is 0 Å². The molecule has 1 N–H and O–H groups in total. The van der Waals surface area contributed by atoms with Crippen LogP contribution in [0.4, 0.5) is 5.69 Å². The molecule has 3 aromatic rings. The number of rotatable bonds is 6. The summed E-state index contributed by atoms with van der Waals surface area (Å²) in [6.07, 6.45) is 0.465. The van der Waals surface area contributed by atoms with Crippen molar-refractivity contribution in [3.8, 4) is 16.5 Å². The van der Waals surface area contributed by atoms with Gasteiger partial charge in [0.1, 0.15) is 0 Å². The predicted molar refractivity (Wildman–Crippen MR) is 117 cm³/mol. The van der Waals surface area contributed by atoms with E-state index in [0.29, 0.717) is 28.8 Å². The number of anilines is 1. The molecule has 0 aliphatic rings. The van der Waals surface area contributed by atoms with Crippen LogP contribution in [0.15, 0.2) is 53.4 Å². The van der Waals surface area contributed by atoms with Gasteiger partial charge in [-0.05, 0) is 55.3 Å². The number of thiophene rings is 1. The average molecular weight is 441 g/mol. The van der Waals surface area contributed by atoms with Crippen molar-refractivity contribution in [3.63, 3.8) is 0 Å². The van der Waals surface area contributed by atoms with Crippen LogP contribution < -0.4 is 4.72 Å². The summed E-state index contributed by atoms with van der Waals surface area (Å²) < 4.78 is 33.9. The van der Waals surface area contributed by atoms with Crippen LogP contribution in [-0.4, -0.2) is 21.5 Å². The van der Waals surface area contributed by atoms with Crippen LogP contribution >= 0.6 is 11.3 Å². The van der Waals surface area contributed by atoms with Gasteiger partial charge < -0.3 is 4.74 Å². The summed E-state index contributed by atoms with van der Waals surface area (Å²) in [7, 11) is -2.79. The summed E-state index contributed by atoms with van der Waals surface area (Å²) in [5.41, 5.74) is 2.04. The predicted octanol–water partition coefficient (Wildman–Crippen LogP) is 4.75. The molecule has 6 nitrogen and oxygen atoms in total. The number of sulfonamides is 1. The van der Waals surface area contributed by atoms with Gasteiger partial charge in [0, 0.05) is 15.3 Å². The fraction of sp³-hybridized carbons (Fsp3) is 0.182. The SMILES string of the molecule is CCc1ccc(C(=O)OC)cc1S(=O)(=O)Nc1cc(C#N)ccc1-c1ccc(C)s1. The topological polar surface area (TPSA) is 96.3 Å². The number of esters is 1. The van der Waals surface area contributed by atoms with Crippen molar-refractivity contribution in [2.75, 3.05) is 11.8 Å². The van der Waals surface area contributed by atoms with Crippen molar-refractivity contribution in [2.45, 2.75) is 25.2 Å². The Kier molecular flexibility index (Phi) is 6.25. The molecule has 2 aromatic carbocycles. The van der Waals surface area contributed by atoms with Crippen LogP contribution in [0.2, 0.25) is 0 Å². The molecule has 0 aliphatic heterocycles. The van der Waals surface area contributed by atoms with Crippen molar-refractivity contribution < 1.29 is 17.9 Å². The van der Waals surface area contributed by atoms with E-state index in [1.165, 1.54) is 30.6 Å². The van der Waals surface area contributed by atoms with E-state index in [-0.39, 0.29) is 10.5 Å². The maximum Gasteiger partial charge on any atom is 0.337 e. The van der Waals surface area contributed by atoms with E-state index in [1.54, 1.807) is 24.3 Å². The molecule has 30 heavy (non-hydrogen) atoms. The van der Waals surface area contributed by atoms with Gasteiger partial charge in [0.25, 0.3) is 10.0 Å². The number of methoxy groups -OCH3 is 1. The molecule has 0 fully saturated rings. The van der Waals surface area contributed by atoms with Gasteiger partial charge in [-0.15, -0.1) is 11.3 Å². The Labute approximate surface area is 179 Å². The number of nitriles is 1. The number of carbonyl (C=O) groups is 1. The minimum absolute atomic E-state index is 0.00331. The highest BCUT2D eigenvalue weighted by atomic mass is 32.2. The first kappa shape index (κ1) is 21.6. The zero-order valence-corrected chi connectivity index (χ0v) is 18.4. The fourth-order valence-electron chi connectivity index (χ4n) is 3.03. The molecule has 0 radical (unpaired) electrons. The monoisotopic (exact) mass is 440 g/mol. The Morgan fingerprint density at radius 2 is 1.93 bits per heavy atom. The van der Waals surface area contributed by atoms with Gasteiger partial charge in [0.15, 0.2) is 0 Å². The molecule has 3 rings (SSSR count). The van der Waals surface area contributed by atoms with Crippen LogP contribution in [-0.2, 0) is 21.2 Å². The van der Waals surface area contributed by atoms with Crippen molar-refractivity contribution >= 4 is 33.0 Å². The zero-order chi connectivity index (χ0) is 21.9. The van der Waals surface area contributed by atoms with Crippen LogP contribution in [0.5, 0.6) is 0 Å². The summed E-state index contributed by atoms with van der Waals surface area (Å²) in [4.78, 5) is 13.9. The summed E-state index contributed by atoms with van der Waals surface area (Å²) in [6, 6.07) is 15.3. The summed E-state index contributed by atoms with van der Waals surface area (Å²) >= 11 is 1.53. The van der Waals surface area contributed by atoms with Gasteiger partial charge >= 0.3 is 5.97 Å². The Hall–Kier alpha value is -3.15. The van der Waals surface area contributed by atoms with E-state index in [4.69, 9.17) is 4.74 Å². The van der Waals surface area contributed by atoms with Crippen molar-refractivity contribution in [3.05, 3.63) is 70.1 Å². The molecule has 0 atom stereocenters. The first-order chi connectivity index (χ1) is 14.3. The highest BCUT2D eigenvalue weighted by molar-refractivity contribution is 7.92. The standard InChI is InChI=1S/C22H20N2O4S2/c1-4-16-7-8-17(22(25)28-3)12-21(16)30(26,27)24-19-11-15(13-23)6-9-18(19)20-10-5-14(2)29-20/h5-12,24H,4H2,1-3H3. The van der Waals surface area contributed by atoms with E-state index in [0.717, 1.165) is 9.75 Å². The molecule has 0 bridgehead atoms. The lowest BCUT2D eigenvalue weighted by molar-refractivity contribution is 0.0600. The van der Waals surface area contributed by atoms with Crippen LogP contribution in [0.1, 0.15) is 33.3 Å². The first-order valence-corrected chi connectivity index (χ1v) is 11.4. The summed E-state index contributed by atoms with van der Waals surface area (Å²) in [5, 5.41) is 9.27. The van der Waals surface area contributed by atoms with E-state index in [2.05, 4.69) is 4.72 Å². The molecular weight excluding hydrogens is 420 g/mol. The Balaban J connectivity index is 2.12. The minimum atomic E-state index is -4.03. The quantitative estimate of drug-likeness (QED) is 0.558. The molecule has 0 spiro atoms. The maximum absolute atomic E-state index is 13.3. The van der Waals surface area contributed by atoms with Crippen LogP contribution in [0, 0.1) is 18.3 Å². The Morgan fingerprint density at radius 3 is 2.53 bits per heavy atom. The van der Waals surface area contributed by atoms with Gasteiger partial charge in [-0.3, -0.25) is 4.72 Å². The summed E-state index contributed by atoms with van der Waals surface area (Å²) in [5.74, 6) is -0.615. The van der Waals surface area contributed by atoms with Gasteiger partial charge in [-0.25, -0.2) is 13.2 Å². The minimum Gasteiger partial charge on any atom is -0.465 e. The number of nitrogens with zero attached hydrogens (tertiary/aromatic N) is 1. The van der Waals surface area contributed by atoms with E-state index in [1.807, 2.05) is 32.0 Å². The molecule has 0 saturated carbocycles. The number of carbonyl (C=O) groups excluding carboxylic acids is 1. The van der Waals surface area contributed by atoms with Crippen LogP contribution in [0.25, 0.3) is 10.4 Å². The second-order valence-electron chi connectivity index (χ2n) is 6.56. The van der Waals surface area contributed by atoms with E-state index >= 15 is 0 Å². The van der Waals surface area contributed by atoms with Crippen molar-refractivity contribution in [1.29, 1.82) is 5.26 Å². The maximum atomic E-state index is 13.3. The number of nitrogens with one attached hydrogen (secondary N) is 1. The lowest BCUT2D eigenvalue weighted by Crippen LogP contribution is -2.17. The van der Waals surface area contributed by atoms with Crippen molar-refractivity contribution in [1.82, 2.24) is 0 Å². The average Bonchev–Trinajstić information content (AvgIpc) is 3.18. The molecule has 0 aliphatic carbocycles. The number of hydrogen-bond acceptors (Lipinski definition) is 6. The van der Waals surface area contributed by atoms with E-state index in [9.17, 15) is 18.5 Å². The summed E-state index contributed by atoms with van der Waals surface area (Å²) in [6.45, 7) is 3.80. The number of hydrogen-bond donors (Lipinski definition) is 1. The third kappa shape index (κ3) is 4.37. The molecule has 0 unspecified atom stereocenters. The second-order valence-corrected chi connectivity index (χ2v) is 9.49. The molecule has 8 heteroatoms. The van der Waals surface area contributed by atoms with E-state index < -0.39 is 16.0 Å². The molecular formula is C22H20N2O4S2. The molecule has 0 saturated heterocycles. The Bertz CT molecular complexity index is 1250. The third-order valence-electron chi connectivity index (χ3n) is 4.56. The van der Waals surface area contributed by atoms with Gasteiger partial charge in [-0.1, -0.05) is 19.1 Å². The zero-order valence-electron chi connectivity index (χ0n) is 16.7. The highest BCUT2D eigenvalue weighted by Gasteiger charge is 2.22.